The predicted molar refractivity (Wildman–Crippen MR) is 179 cm³/mol. The Morgan fingerprint density at radius 2 is 1.61 bits per heavy atom. The number of hydrogen-bond acceptors (Lipinski definition) is 14. The van der Waals surface area contributed by atoms with Crippen LogP contribution in [0.4, 0.5) is 4.79 Å². The number of esters is 3. The molecule has 2 saturated carbocycles. The van der Waals surface area contributed by atoms with Crippen LogP contribution in [-0.4, -0.2) is 122 Å². The topological polar surface area (TPSA) is 228 Å². The highest BCUT2D eigenvalue weighted by Crippen LogP contribution is 2.64. The first-order chi connectivity index (χ1) is 23.2. The molecule has 0 spiro atoms. The van der Waals surface area contributed by atoms with Gasteiger partial charge in [-0.25, -0.2) is 9.59 Å². The number of ether oxygens (including phenoxy) is 5. The fraction of sp³-hybridized carbons (Fsp3) is 0.833. The normalized spacial score (nSPS) is 38.4. The summed E-state index contributed by atoms with van der Waals surface area (Å²) < 4.78 is 28.6. The molecule has 1 heterocycles. The molecule has 6 N–H and O–H groups in total. The molecule has 3 fully saturated rings. The van der Waals surface area contributed by atoms with E-state index in [4.69, 9.17) is 23.7 Å². The van der Waals surface area contributed by atoms with Crippen LogP contribution in [0, 0.1) is 22.7 Å². The van der Waals surface area contributed by atoms with E-state index >= 15 is 0 Å². The fourth-order valence-corrected chi connectivity index (χ4v) is 8.99. The van der Waals surface area contributed by atoms with Crippen molar-refractivity contribution in [2.24, 2.45) is 22.7 Å². The molecule has 15 nitrogen and oxygen atoms in total. The molecule has 1 amide bonds. The van der Waals surface area contributed by atoms with Crippen LogP contribution >= 0.6 is 0 Å². The van der Waals surface area contributed by atoms with Crippen molar-refractivity contribution in [3.8, 4) is 0 Å². The highest BCUT2D eigenvalue weighted by Gasteiger charge is 2.77. The molecular weight excluding hydrogens is 670 g/mol. The molecule has 2 bridgehead atoms. The third-order valence-corrected chi connectivity index (χ3v) is 11.5. The number of alkyl carbamates (subject to hydrolysis) is 1. The lowest BCUT2D eigenvalue weighted by Gasteiger charge is -2.68. The van der Waals surface area contributed by atoms with E-state index in [1.54, 1.807) is 41.5 Å². The van der Waals surface area contributed by atoms with Crippen LogP contribution in [0.15, 0.2) is 11.1 Å². The van der Waals surface area contributed by atoms with Gasteiger partial charge in [-0.1, -0.05) is 34.6 Å². The molecule has 1 aliphatic heterocycles. The van der Waals surface area contributed by atoms with Crippen molar-refractivity contribution >= 4 is 24.0 Å². The highest BCUT2D eigenvalue weighted by atomic mass is 16.6. The fourth-order valence-electron chi connectivity index (χ4n) is 8.99. The zero-order valence-electron chi connectivity index (χ0n) is 31.5. The monoisotopic (exact) mass is 727 g/mol. The van der Waals surface area contributed by atoms with Crippen molar-refractivity contribution in [2.45, 2.75) is 161 Å². The Kier molecular flexibility index (Phi) is 11.1. The van der Waals surface area contributed by atoms with Crippen molar-refractivity contribution in [3.05, 3.63) is 11.1 Å². The first-order valence-corrected chi connectivity index (χ1v) is 17.6. The van der Waals surface area contributed by atoms with Crippen molar-refractivity contribution in [3.63, 3.8) is 0 Å². The van der Waals surface area contributed by atoms with Gasteiger partial charge in [-0.05, 0) is 51.2 Å². The average Bonchev–Trinajstić information content (AvgIpc) is 2.96. The Labute approximate surface area is 299 Å². The molecule has 15 heteroatoms. The maximum Gasteiger partial charge on any atom is 0.407 e. The van der Waals surface area contributed by atoms with Gasteiger partial charge >= 0.3 is 24.0 Å². The Morgan fingerprint density at radius 1 is 1.00 bits per heavy atom. The Balaban J connectivity index is 1.84. The minimum Gasteiger partial charge on any atom is -0.456 e. The van der Waals surface area contributed by atoms with Crippen molar-refractivity contribution < 1.29 is 68.4 Å². The minimum atomic E-state index is -2.25. The number of hydrogen-bond donors (Lipinski definition) is 6. The van der Waals surface area contributed by atoms with E-state index in [1.165, 1.54) is 13.8 Å². The van der Waals surface area contributed by atoms with E-state index in [9.17, 15) is 44.7 Å². The first-order valence-electron chi connectivity index (χ1n) is 17.6. The molecule has 3 aliphatic carbocycles. The van der Waals surface area contributed by atoms with Gasteiger partial charge in [0, 0.05) is 43.4 Å². The van der Waals surface area contributed by atoms with Gasteiger partial charge in [0.05, 0.1) is 24.9 Å². The third kappa shape index (κ3) is 7.01. The van der Waals surface area contributed by atoms with Crippen LogP contribution in [0.3, 0.4) is 0 Å². The molecule has 51 heavy (non-hydrogen) atoms. The second-order valence-corrected chi connectivity index (χ2v) is 17.0. The van der Waals surface area contributed by atoms with E-state index in [-0.39, 0.29) is 36.5 Å². The van der Waals surface area contributed by atoms with Gasteiger partial charge in [0.1, 0.15) is 29.5 Å². The number of amides is 1. The molecule has 12 atom stereocenters. The zero-order chi connectivity index (χ0) is 38.8. The molecule has 0 aromatic rings. The molecule has 4 aliphatic rings. The van der Waals surface area contributed by atoms with Gasteiger partial charge in [-0.15, -0.1) is 0 Å². The quantitative estimate of drug-likeness (QED) is 0.118. The number of rotatable bonds is 8. The second kappa shape index (κ2) is 13.9. The van der Waals surface area contributed by atoms with E-state index in [1.807, 2.05) is 13.8 Å². The summed E-state index contributed by atoms with van der Waals surface area (Å²) in [4.78, 5) is 51.6. The summed E-state index contributed by atoms with van der Waals surface area (Å²) in [5.41, 5.74) is -7.54. The summed E-state index contributed by atoms with van der Waals surface area (Å²) in [6.07, 6.45) is -11.9. The molecule has 4 rings (SSSR count). The standard InChI is InChI=1S/C36H57NO14/c1-16(2)12-20(37-31(45)51-32(6,7)8)25(41)30(44)49-21-14-36(46)29(43)27-34(11,22(40)13-23-35(27,15-47-23)50-19(5)39)28(42)26(48-18(4)38)24(17(21)3)33(36,9)10/h16,20-23,25-29,40-43,46H,12-15H2,1-11H3,(H,37,45)/t20-,21-,22-,23?,25?,26-,27-,28-,29-,34+,35-,36?/m0/s1. The van der Waals surface area contributed by atoms with Crippen LogP contribution in [0.25, 0.3) is 0 Å². The highest BCUT2D eigenvalue weighted by molar-refractivity contribution is 5.77. The van der Waals surface area contributed by atoms with Gasteiger partial charge in [0.15, 0.2) is 17.8 Å². The molecular formula is C36H57NO14. The van der Waals surface area contributed by atoms with Crippen molar-refractivity contribution in [2.75, 3.05) is 6.61 Å². The van der Waals surface area contributed by atoms with Crippen LogP contribution in [0.5, 0.6) is 0 Å². The van der Waals surface area contributed by atoms with E-state index in [0.717, 1.165) is 6.92 Å². The van der Waals surface area contributed by atoms with Crippen LogP contribution in [-0.2, 0) is 38.1 Å². The SMILES string of the molecule is CC(=O)O[C@H]1C2=C(C)[C@@H](OC(=O)C(O)[C@H](CC(C)C)NC(=O)OC(C)(C)C)CC(O)([C@@H](O)[C@H]3[C@@](C)([C@@H](O)CC4OC[C@]43OC(C)=O)[C@H]1O)C2(C)C. The number of aliphatic hydroxyl groups excluding tert-OH is 4. The smallest absolute Gasteiger partial charge is 0.407 e. The summed E-state index contributed by atoms with van der Waals surface area (Å²) in [7, 11) is 0. The number of aliphatic hydroxyl groups is 5. The molecule has 0 aromatic carbocycles. The molecule has 1 saturated heterocycles. The van der Waals surface area contributed by atoms with E-state index in [0.29, 0.717) is 0 Å². The van der Waals surface area contributed by atoms with Crippen molar-refractivity contribution in [1.29, 1.82) is 0 Å². The Morgan fingerprint density at radius 3 is 2.10 bits per heavy atom. The van der Waals surface area contributed by atoms with Crippen LogP contribution < -0.4 is 5.32 Å². The van der Waals surface area contributed by atoms with E-state index in [2.05, 4.69) is 5.32 Å². The van der Waals surface area contributed by atoms with Crippen molar-refractivity contribution in [1.82, 2.24) is 5.32 Å². The molecule has 0 radical (unpaired) electrons. The van der Waals surface area contributed by atoms with Gasteiger partial charge in [-0.2, -0.15) is 0 Å². The zero-order valence-corrected chi connectivity index (χ0v) is 31.5. The Bertz CT molecular complexity index is 1420. The average molecular weight is 728 g/mol. The maximum atomic E-state index is 13.7. The van der Waals surface area contributed by atoms with Crippen LogP contribution in [0.1, 0.15) is 95.4 Å². The molecule has 3 unspecified atom stereocenters. The van der Waals surface area contributed by atoms with Gasteiger partial charge < -0.3 is 54.5 Å². The number of fused-ring (bicyclic) bond motifs is 5. The maximum absolute atomic E-state index is 13.7. The lowest BCUT2D eigenvalue weighted by atomic mass is 9.44. The number of nitrogens with one attached hydrogen (secondary N) is 1. The van der Waals surface area contributed by atoms with E-state index < -0.39 is 113 Å². The van der Waals surface area contributed by atoms with Gasteiger partial charge in [-0.3, -0.25) is 9.59 Å². The molecule has 0 aromatic heterocycles. The summed E-state index contributed by atoms with van der Waals surface area (Å²) in [6.45, 7) is 17.0. The van der Waals surface area contributed by atoms with Gasteiger partial charge in [0.2, 0.25) is 0 Å². The lowest BCUT2D eigenvalue weighted by molar-refractivity contribution is -0.365. The minimum absolute atomic E-state index is 0.0795. The summed E-state index contributed by atoms with van der Waals surface area (Å²) >= 11 is 0. The summed E-state index contributed by atoms with van der Waals surface area (Å²) in [6, 6.07) is -1.13. The number of carbonyl (C=O) groups is 4. The third-order valence-electron chi connectivity index (χ3n) is 11.5. The summed E-state index contributed by atoms with van der Waals surface area (Å²) in [5, 5.41) is 63.1. The molecule has 290 valence electrons. The first kappa shape index (κ1) is 40.9. The second-order valence-electron chi connectivity index (χ2n) is 17.0. The predicted octanol–water partition coefficient (Wildman–Crippen LogP) is 1.43. The number of carbonyl (C=O) groups excluding carboxylic acids is 4. The largest absolute Gasteiger partial charge is 0.456 e. The lowest BCUT2D eigenvalue weighted by Crippen LogP contribution is -2.82. The summed E-state index contributed by atoms with van der Waals surface area (Å²) in [5.74, 6) is -4.14. The Hall–Kier alpha value is -2.82. The van der Waals surface area contributed by atoms with Crippen LogP contribution in [0.2, 0.25) is 0 Å². The van der Waals surface area contributed by atoms with Gasteiger partial charge in [0.25, 0.3) is 0 Å².